The zero-order valence-electron chi connectivity index (χ0n) is 15.7. The summed E-state index contributed by atoms with van der Waals surface area (Å²) in [5.41, 5.74) is 0.568. The molecule has 8 heteroatoms. The van der Waals surface area contributed by atoms with Crippen LogP contribution in [0.1, 0.15) is 31.2 Å². The van der Waals surface area contributed by atoms with Gasteiger partial charge in [0.1, 0.15) is 5.82 Å². The Morgan fingerprint density at radius 3 is 2.26 bits per heavy atom. The van der Waals surface area contributed by atoms with E-state index in [0.717, 1.165) is 25.9 Å². The van der Waals surface area contributed by atoms with Crippen LogP contribution in [0.15, 0.2) is 24.3 Å². The summed E-state index contributed by atoms with van der Waals surface area (Å²) >= 11 is 0. The van der Waals surface area contributed by atoms with Crippen molar-refractivity contribution in [3.05, 3.63) is 35.6 Å². The molecule has 1 N–H and O–H groups in total. The summed E-state index contributed by atoms with van der Waals surface area (Å²) in [6, 6.07) is 5.76. The molecular weight excluding hydrogens is 369 g/mol. The zero-order valence-corrected chi connectivity index (χ0v) is 16.5. The molecule has 2 aliphatic rings. The van der Waals surface area contributed by atoms with Crippen LogP contribution in [0.5, 0.6) is 0 Å². The Bertz CT molecular complexity index is 738. The SMILES string of the molecule is CN1CCC(NC(=O)C2CCN(S(=O)(=O)Cc3ccc(F)cc3)CC2)CC1. The van der Waals surface area contributed by atoms with Crippen molar-refractivity contribution in [2.24, 2.45) is 5.92 Å². The number of nitrogens with one attached hydrogen (secondary N) is 1. The van der Waals surface area contributed by atoms with Crippen LogP contribution >= 0.6 is 0 Å². The number of carbonyl (C=O) groups is 1. The fourth-order valence-electron chi connectivity index (χ4n) is 3.75. The van der Waals surface area contributed by atoms with Crippen LogP contribution in [0.2, 0.25) is 0 Å². The van der Waals surface area contributed by atoms with Crippen molar-refractivity contribution in [3.63, 3.8) is 0 Å². The lowest BCUT2D eigenvalue weighted by Gasteiger charge is -2.33. The van der Waals surface area contributed by atoms with Crippen molar-refractivity contribution < 1.29 is 17.6 Å². The van der Waals surface area contributed by atoms with Crippen molar-refractivity contribution >= 4 is 15.9 Å². The summed E-state index contributed by atoms with van der Waals surface area (Å²) in [5, 5.41) is 3.14. The summed E-state index contributed by atoms with van der Waals surface area (Å²) in [6.45, 7) is 2.69. The Morgan fingerprint density at radius 1 is 1.07 bits per heavy atom. The third-order valence-corrected chi connectivity index (χ3v) is 7.40. The number of halogens is 1. The van der Waals surface area contributed by atoms with Gasteiger partial charge in [0.25, 0.3) is 0 Å². The Balaban J connectivity index is 1.48. The molecule has 0 bridgehead atoms. The molecule has 0 unspecified atom stereocenters. The first-order valence-corrected chi connectivity index (χ1v) is 11.2. The van der Waals surface area contributed by atoms with Crippen molar-refractivity contribution in [3.8, 4) is 0 Å². The van der Waals surface area contributed by atoms with E-state index in [9.17, 15) is 17.6 Å². The average molecular weight is 398 g/mol. The van der Waals surface area contributed by atoms with Crippen LogP contribution < -0.4 is 5.32 Å². The minimum Gasteiger partial charge on any atom is -0.353 e. The number of piperidine rings is 2. The Hall–Kier alpha value is -1.51. The van der Waals surface area contributed by atoms with Gasteiger partial charge < -0.3 is 10.2 Å². The van der Waals surface area contributed by atoms with Gasteiger partial charge in [0.2, 0.25) is 15.9 Å². The normalized spacial score (nSPS) is 21.3. The molecule has 3 rings (SSSR count). The second-order valence-electron chi connectivity index (χ2n) is 7.64. The molecule has 0 radical (unpaired) electrons. The molecule has 1 aromatic rings. The number of hydrogen-bond acceptors (Lipinski definition) is 4. The summed E-state index contributed by atoms with van der Waals surface area (Å²) in [7, 11) is -1.37. The van der Waals surface area contributed by atoms with Gasteiger partial charge in [0, 0.05) is 25.0 Å². The molecule has 0 spiro atoms. The highest BCUT2D eigenvalue weighted by molar-refractivity contribution is 7.88. The van der Waals surface area contributed by atoms with Crippen LogP contribution in [-0.2, 0) is 20.6 Å². The van der Waals surface area contributed by atoms with E-state index in [-0.39, 0.29) is 29.4 Å². The van der Waals surface area contributed by atoms with Gasteiger partial charge in [0.05, 0.1) is 5.75 Å². The molecule has 27 heavy (non-hydrogen) atoms. The second-order valence-corrected chi connectivity index (χ2v) is 9.61. The van der Waals surface area contributed by atoms with Crippen LogP contribution in [0, 0.1) is 11.7 Å². The van der Waals surface area contributed by atoms with Gasteiger partial charge in [0.15, 0.2) is 0 Å². The van der Waals surface area contributed by atoms with E-state index >= 15 is 0 Å². The number of hydrogen-bond donors (Lipinski definition) is 1. The molecular formula is C19H28FN3O3S. The number of benzene rings is 1. The first-order valence-electron chi connectivity index (χ1n) is 9.55. The van der Waals surface area contributed by atoms with E-state index in [0.29, 0.717) is 31.5 Å². The van der Waals surface area contributed by atoms with Crippen molar-refractivity contribution in [1.82, 2.24) is 14.5 Å². The van der Waals surface area contributed by atoms with Crippen molar-refractivity contribution in [2.45, 2.75) is 37.5 Å². The van der Waals surface area contributed by atoms with Crippen molar-refractivity contribution in [1.29, 1.82) is 0 Å². The predicted molar refractivity (Wildman–Crippen MR) is 102 cm³/mol. The summed E-state index contributed by atoms with van der Waals surface area (Å²) in [6.07, 6.45) is 3.02. The average Bonchev–Trinajstić information content (AvgIpc) is 2.65. The minimum absolute atomic E-state index is 0.0557. The van der Waals surface area contributed by atoms with E-state index in [2.05, 4.69) is 17.3 Å². The molecule has 150 valence electrons. The molecule has 1 aromatic carbocycles. The number of likely N-dealkylation sites (tertiary alicyclic amines) is 1. The van der Waals surface area contributed by atoms with Crippen LogP contribution in [0.25, 0.3) is 0 Å². The zero-order chi connectivity index (χ0) is 19.4. The fourth-order valence-corrected chi connectivity index (χ4v) is 5.31. The molecule has 0 saturated carbocycles. The summed E-state index contributed by atoms with van der Waals surface area (Å²) in [5.74, 6) is -0.589. The predicted octanol–water partition coefficient (Wildman–Crippen LogP) is 1.58. The topological polar surface area (TPSA) is 69.7 Å². The van der Waals surface area contributed by atoms with Gasteiger partial charge in [-0.25, -0.2) is 17.1 Å². The van der Waals surface area contributed by atoms with Gasteiger partial charge in [-0.2, -0.15) is 0 Å². The van der Waals surface area contributed by atoms with Gasteiger partial charge >= 0.3 is 0 Å². The molecule has 0 aliphatic carbocycles. The number of sulfonamides is 1. The van der Waals surface area contributed by atoms with Crippen LogP contribution in [-0.4, -0.2) is 62.8 Å². The molecule has 0 aromatic heterocycles. The maximum Gasteiger partial charge on any atom is 0.223 e. The van der Waals surface area contributed by atoms with E-state index < -0.39 is 10.0 Å². The first kappa shape index (κ1) is 20.2. The largest absolute Gasteiger partial charge is 0.353 e. The van der Waals surface area contributed by atoms with E-state index in [1.807, 2.05) is 0 Å². The molecule has 2 saturated heterocycles. The standard InChI is InChI=1S/C19H28FN3O3S/c1-22-10-8-18(9-11-22)21-19(24)16-6-12-23(13-7-16)27(25,26)14-15-2-4-17(20)5-3-15/h2-5,16,18H,6-14H2,1H3,(H,21,24). The smallest absolute Gasteiger partial charge is 0.223 e. The highest BCUT2D eigenvalue weighted by Crippen LogP contribution is 2.22. The highest BCUT2D eigenvalue weighted by Gasteiger charge is 2.32. The molecule has 0 atom stereocenters. The minimum atomic E-state index is -3.46. The Kier molecular flexibility index (Phi) is 6.49. The summed E-state index contributed by atoms with van der Waals surface area (Å²) in [4.78, 5) is 14.8. The Morgan fingerprint density at radius 2 is 1.67 bits per heavy atom. The molecule has 6 nitrogen and oxygen atoms in total. The first-order chi connectivity index (χ1) is 12.8. The summed E-state index contributed by atoms with van der Waals surface area (Å²) < 4.78 is 39.6. The van der Waals surface area contributed by atoms with Gasteiger partial charge in [-0.05, 0) is 63.5 Å². The fraction of sp³-hybridized carbons (Fsp3) is 0.632. The molecule has 2 aliphatic heterocycles. The number of amides is 1. The lowest BCUT2D eigenvalue weighted by molar-refractivity contribution is -0.127. The third-order valence-electron chi connectivity index (χ3n) is 5.55. The van der Waals surface area contributed by atoms with Gasteiger partial charge in [-0.15, -0.1) is 0 Å². The number of rotatable bonds is 5. The lowest BCUT2D eigenvalue weighted by atomic mass is 9.96. The maximum atomic E-state index is 13.0. The molecule has 1 amide bonds. The van der Waals surface area contributed by atoms with Gasteiger partial charge in [-0.3, -0.25) is 4.79 Å². The second kappa shape index (κ2) is 8.67. The maximum absolute atomic E-state index is 13.0. The third kappa shape index (κ3) is 5.49. The molecule has 2 heterocycles. The lowest BCUT2D eigenvalue weighted by Crippen LogP contribution is -2.48. The van der Waals surface area contributed by atoms with Crippen molar-refractivity contribution in [2.75, 3.05) is 33.2 Å². The quantitative estimate of drug-likeness (QED) is 0.819. The van der Waals surface area contributed by atoms with E-state index in [4.69, 9.17) is 0 Å². The van der Waals surface area contributed by atoms with Crippen LogP contribution in [0.3, 0.4) is 0 Å². The number of carbonyl (C=O) groups excluding carboxylic acids is 1. The van der Waals surface area contributed by atoms with E-state index in [1.54, 1.807) is 0 Å². The van der Waals surface area contributed by atoms with E-state index in [1.165, 1.54) is 28.6 Å². The van der Waals surface area contributed by atoms with Crippen LogP contribution in [0.4, 0.5) is 4.39 Å². The number of nitrogens with zero attached hydrogens (tertiary/aromatic N) is 2. The van der Waals surface area contributed by atoms with Gasteiger partial charge in [-0.1, -0.05) is 12.1 Å². The highest BCUT2D eigenvalue weighted by atomic mass is 32.2. The monoisotopic (exact) mass is 397 g/mol. The Labute approximate surface area is 160 Å². The molecule has 2 fully saturated rings.